The van der Waals surface area contributed by atoms with E-state index in [1.165, 1.54) is 28.8 Å². The Hall–Kier alpha value is -1.12. The molecule has 1 aromatic carbocycles. The molecule has 1 aromatic heterocycles. The fourth-order valence-electron chi connectivity index (χ4n) is 2.16. The molecular weight excluding hydrogens is 238 g/mol. The van der Waals surface area contributed by atoms with Crippen molar-refractivity contribution in [3.05, 3.63) is 57.8 Å². The van der Waals surface area contributed by atoms with Crippen molar-refractivity contribution in [3.63, 3.8) is 0 Å². The van der Waals surface area contributed by atoms with Crippen LogP contribution < -0.4 is 5.32 Å². The van der Waals surface area contributed by atoms with Gasteiger partial charge in [-0.25, -0.2) is 0 Å². The van der Waals surface area contributed by atoms with Gasteiger partial charge in [0.25, 0.3) is 0 Å². The van der Waals surface area contributed by atoms with Crippen molar-refractivity contribution in [2.45, 2.75) is 39.3 Å². The molecular formula is C16H21NS. The highest BCUT2D eigenvalue weighted by atomic mass is 32.1. The topological polar surface area (TPSA) is 12.0 Å². The van der Waals surface area contributed by atoms with E-state index in [9.17, 15) is 0 Å². The number of aryl methyl sites for hydroxylation is 1. The second kappa shape index (κ2) is 6.72. The smallest absolute Gasteiger partial charge is 0.0417 e. The first-order chi connectivity index (χ1) is 8.81. The van der Waals surface area contributed by atoms with Crippen LogP contribution in [0.25, 0.3) is 0 Å². The lowest BCUT2D eigenvalue weighted by molar-refractivity contribution is 0.500. The minimum atomic E-state index is 0.495. The fourth-order valence-corrected chi connectivity index (χ4v) is 3.00. The summed E-state index contributed by atoms with van der Waals surface area (Å²) >= 11 is 1.85. The monoisotopic (exact) mass is 259 g/mol. The van der Waals surface area contributed by atoms with Gasteiger partial charge in [-0.05, 0) is 35.9 Å². The van der Waals surface area contributed by atoms with Gasteiger partial charge in [0.2, 0.25) is 0 Å². The molecule has 1 N–H and O–H groups in total. The van der Waals surface area contributed by atoms with Crippen molar-refractivity contribution < 1.29 is 0 Å². The van der Waals surface area contributed by atoms with Gasteiger partial charge < -0.3 is 5.32 Å². The third kappa shape index (κ3) is 3.44. The van der Waals surface area contributed by atoms with E-state index in [4.69, 9.17) is 0 Å². The van der Waals surface area contributed by atoms with Crippen LogP contribution in [0.5, 0.6) is 0 Å². The predicted octanol–water partition coefficient (Wildman–Crippen LogP) is 4.69. The highest BCUT2D eigenvalue weighted by molar-refractivity contribution is 7.10. The van der Waals surface area contributed by atoms with Gasteiger partial charge in [0.05, 0.1) is 0 Å². The number of hydrogen-bond donors (Lipinski definition) is 1. The Kier molecular flexibility index (Phi) is 4.97. The van der Waals surface area contributed by atoms with Gasteiger partial charge in [0, 0.05) is 17.5 Å². The molecule has 96 valence electrons. The molecule has 0 radical (unpaired) electrons. The number of benzene rings is 1. The third-order valence-corrected chi connectivity index (χ3v) is 4.25. The van der Waals surface area contributed by atoms with Crippen LogP contribution in [0.15, 0.2) is 41.8 Å². The highest BCUT2D eigenvalue weighted by Crippen LogP contribution is 2.23. The quantitative estimate of drug-likeness (QED) is 0.793. The van der Waals surface area contributed by atoms with Crippen molar-refractivity contribution in [1.29, 1.82) is 0 Å². The van der Waals surface area contributed by atoms with Crippen molar-refractivity contribution in [2.24, 2.45) is 0 Å². The fraction of sp³-hybridized carbons (Fsp3) is 0.375. The van der Waals surface area contributed by atoms with Crippen LogP contribution >= 0.6 is 11.3 Å². The van der Waals surface area contributed by atoms with E-state index < -0.39 is 0 Å². The van der Waals surface area contributed by atoms with E-state index in [2.05, 4.69) is 60.9 Å². The third-order valence-electron chi connectivity index (χ3n) is 3.26. The van der Waals surface area contributed by atoms with Gasteiger partial charge in [-0.1, -0.05) is 43.7 Å². The zero-order valence-corrected chi connectivity index (χ0v) is 12.0. The van der Waals surface area contributed by atoms with Crippen molar-refractivity contribution >= 4 is 11.3 Å². The lowest BCUT2D eigenvalue weighted by Crippen LogP contribution is -2.20. The Morgan fingerprint density at radius 1 is 1.17 bits per heavy atom. The van der Waals surface area contributed by atoms with Gasteiger partial charge in [-0.3, -0.25) is 0 Å². The summed E-state index contributed by atoms with van der Waals surface area (Å²) in [6, 6.07) is 13.5. The molecule has 0 bridgehead atoms. The van der Waals surface area contributed by atoms with Crippen LogP contribution in [-0.2, 0) is 6.54 Å². The number of thiophene rings is 1. The second-order valence-corrected chi connectivity index (χ2v) is 5.64. The SMILES string of the molecule is CCCC(NCc1ccccc1C)c1cccs1. The van der Waals surface area contributed by atoms with Gasteiger partial charge in [-0.2, -0.15) is 0 Å². The summed E-state index contributed by atoms with van der Waals surface area (Å²) in [4.78, 5) is 1.45. The van der Waals surface area contributed by atoms with E-state index in [1.54, 1.807) is 0 Å². The molecule has 0 aliphatic rings. The summed E-state index contributed by atoms with van der Waals surface area (Å²) in [6.07, 6.45) is 2.41. The molecule has 1 heterocycles. The largest absolute Gasteiger partial charge is 0.305 e. The first-order valence-electron chi connectivity index (χ1n) is 6.62. The first kappa shape index (κ1) is 13.3. The first-order valence-corrected chi connectivity index (χ1v) is 7.50. The van der Waals surface area contributed by atoms with Gasteiger partial charge in [0.15, 0.2) is 0 Å². The van der Waals surface area contributed by atoms with Crippen LogP contribution in [-0.4, -0.2) is 0 Å². The number of hydrogen-bond acceptors (Lipinski definition) is 2. The van der Waals surface area contributed by atoms with Crippen molar-refractivity contribution in [1.82, 2.24) is 5.32 Å². The molecule has 1 unspecified atom stereocenters. The molecule has 1 nitrogen and oxygen atoms in total. The van der Waals surface area contributed by atoms with Crippen LogP contribution in [0.1, 0.15) is 41.8 Å². The summed E-state index contributed by atoms with van der Waals surface area (Å²) in [5.41, 5.74) is 2.77. The van der Waals surface area contributed by atoms with Crippen LogP contribution in [0.2, 0.25) is 0 Å². The average Bonchev–Trinajstić information content (AvgIpc) is 2.90. The Bertz CT molecular complexity index is 462. The molecule has 0 aliphatic heterocycles. The lowest BCUT2D eigenvalue weighted by Gasteiger charge is -2.17. The normalized spacial score (nSPS) is 12.6. The average molecular weight is 259 g/mol. The Balaban J connectivity index is 2.00. The van der Waals surface area contributed by atoms with E-state index in [-0.39, 0.29) is 0 Å². The minimum absolute atomic E-state index is 0.495. The molecule has 18 heavy (non-hydrogen) atoms. The molecule has 0 aliphatic carbocycles. The molecule has 0 amide bonds. The lowest BCUT2D eigenvalue weighted by atomic mass is 10.1. The van der Waals surface area contributed by atoms with Crippen LogP contribution in [0, 0.1) is 6.92 Å². The molecule has 1 atom stereocenters. The summed E-state index contributed by atoms with van der Waals surface area (Å²) in [5, 5.41) is 5.85. The Morgan fingerprint density at radius 2 is 2.00 bits per heavy atom. The maximum atomic E-state index is 3.69. The maximum Gasteiger partial charge on any atom is 0.0417 e. The van der Waals surface area contributed by atoms with Gasteiger partial charge in [0.1, 0.15) is 0 Å². The number of nitrogens with one attached hydrogen (secondary N) is 1. The highest BCUT2D eigenvalue weighted by Gasteiger charge is 2.11. The van der Waals surface area contributed by atoms with Gasteiger partial charge in [-0.15, -0.1) is 11.3 Å². The molecule has 0 spiro atoms. The zero-order chi connectivity index (χ0) is 12.8. The minimum Gasteiger partial charge on any atom is -0.305 e. The van der Waals surface area contributed by atoms with E-state index >= 15 is 0 Å². The number of rotatable bonds is 6. The predicted molar refractivity (Wildman–Crippen MR) is 80.0 cm³/mol. The van der Waals surface area contributed by atoms with E-state index in [0.717, 1.165) is 6.54 Å². The second-order valence-electron chi connectivity index (χ2n) is 4.66. The van der Waals surface area contributed by atoms with E-state index in [1.807, 2.05) is 11.3 Å². The molecule has 2 aromatic rings. The molecule has 0 fully saturated rings. The molecule has 0 saturated carbocycles. The van der Waals surface area contributed by atoms with Crippen molar-refractivity contribution in [2.75, 3.05) is 0 Å². The Labute approximate surface area is 114 Å². The maximum absolute atomic E-state index is 3.69. The van der Waals surface area contributed by atoms with E-state index in [0.29, 0.717) is 6.04 Å². The van der Waals surface area contributed by atoms with Crippen LogP contribution in [0.4, 0.5) is 0 Å². The van der Waals surface area contributed by atoms with Crippen molar-refractivity contribution in [3.8, 4) is 0 Å². The van der Waals surface area contributed by atoms with Crippen LogP contribution in [0.3, 0.4) is 0 Å². The molecule has 2 heteroatoms. The summed E-state index contributed by atoms with van der Waals surface area (Å²) < 4.78 is 0. The van der Waals surface area contributed by atoms with Gasteiger partial charge >= 0.3 is 0 Å². The summed E-state index contributed by atoms with van der Waals surface area (Å²) in [6.45, 7) is 5.38. The molecule has 2 rings (SSSR count). The summed E-state index contributed by atoms with van der Waals surface area (Å²) in [7, 11) is 0. The zero-order valence-electron chi connectivity index (χ0n) is 11.1. The standard InChI is InChI=1S/C16H21NS/c1-3-7-15(16-10-6-11-18-16)17-12-14-9-5-4-8-13(14)2/h4-6,8-11,15,17H,3,7,12H2,1-2H3. The Morgan fingerprint density at radius 3 is 2.67 bits per heavy atom. The molecule has 0 saturated heterocycles. The summed E-state index contributed by atoms with van der Waals surface area (Å²) in [5.74, 6) is 0.